The highest BCUT2D eigenvalue weighted by molar-refractivity contribution is 7.99. The van der Waals surface area contributed by atoms with E-state index < -0.39 is 0 Å². The Balaban J connectivity index is 1.45. The smallest absolute Gasteiger partial charge is 0.191 e. The normalized spacial score (nSPS) is 16.4. The Hall–Kier alpha value is -2.38. The number of hydrogen-bond donors (Lipinski definition) is 0. The van der Waals surface area contributed by atoms with Gasteiger partial charge < -0.3 is 13.9 Å². The maximum Gasteiger partial charge on any atom is 0.191 e. The van der Waals surface area contributed by atoms with E-state index in [0.29, 0.717) is 5.75 Å². The molecule has 0 spiro atoms. The predicted octanol–water partition coefficient (Wildman–Crippen LogP) is 4.05. The second-order valence-electron chi connectivity index (χ2n) is 7.47. The van der Waals surface area contributed by atoms with Gasteiger partial charge in [-0.25, -0.2) is 0 Å². The fourth-order valence-electron chi connectivity index (χ4n) is 3.84. The Bertz CT molecular complexity index is 1000. The molecule has 2 aromatic heterocycles. The van der Waals surface area contributed by atoms with Crippen LogP contribution in [0.25, 0.3) is 11.4 Å². The van der Waals surface area contributed by atoms with Crippen molar-refractivity contribution in [3.8, 4) is 11.4 Å². The highest BCUT2D eigenvalue weighted by atomic mass is 32.2. The van der Waals surface area contributed by atoms with Gasteiger partial charge in [0.1, 0.15) is 0 Å². The van der Waals surface area contributed by atoms with Crippen molar-refractivity contribution in [2.24, 2.45) is 7.05 Å². The average Bonchev–Trinajstić information content (AvgIpc) is 3.44. The van der Waals surface area contributed by atoms with Crippen molar-refractivity contribution in [2.45, 2.75) is 44.5 Å². The molecular formula is C22H26N4O2S. The van der Waals surface area contributed by atoms with Crippen molar-refractivity contribution in [3.05, 3.63) is 53.3 Å². The zero-order valence-electron chi connectivity index (χ0n) is 17.1. The molecule has 0 unspecified atom stereocenters. The van der Waals surface area contributed by atoms with E-state index in [1.54, 1.807) is 0 Å². The summed E-state index contributed by atoms with van der Waals surface area (Å²) < 4.78 is 9.92. The van der Waals surface area contributed by atoms with Crippen molar-refractivity contribution in [2.75, 3.05) is 12.4 Å². The number of thioether (sulfide) groups is 1. The maximum absolute atomic E-state index is 12.9. The van der Waals surface area contributed by atoms with Crippen LogP contribution in [0, 0.1) is 13.8 Å². The molecule has 4 rings (SSSR count). The van der Waals surface area contributed by atoms with Crippen LogP contribution >= 0.6 is 11.8 Å². The van der Waals surface area contributed by atoms with E-state index in [4.69, 9.17) is 4.74 Å². The number of nitrogens with zero attached hydrogens (tertiary/aromatic N) is 4. The molecule has 1 aromatic carbocycles. The van der Waals surface area contributed by atoms with E-state index in [-0.39, 0.29) is 11.9 Å². The molecule has 0 saturated carbocycles. The first-order chi connectivity index (χ1) is 14.0. The van der Waals surface area contributed by atoms with Gasteiger partial charge in [0.15, 0.2) is 16.8 Å². The third kappa shape index (κ3) is 4.16. The van der Waals surface area contributed by atoms with Crippen LogP contribution in [0.4, 0.5) is 0 Å². The first kappa shape index (κ1) is 19.9. The Kier molecular flexibility index (Phi) is 5.87. The van der Waals surface area contributed by atoms with Crippen LogP contribution in [0.3, 0.4) is 0 Å². The number of carbonyl (C=O) groups excluding carboxylic acids is 1. The zero-order chi connectivity index (χ0) is 20.4. The van der Waals surface area contributed by atoms with Gasteiger partial charge in [-0.3, -0.25) is 4.79 Å². The van der Waals surface area contributed by atoms with Crippen molar-refractivity contribution >= 4 is 17.5 Å². The monoisotopic (exact) mass is 410 g/mol. The third-order valence-corrected chi connectivity index (χ3v) is 6.50. The highest BCUT2D eigenvalue weighted by Gasteiger charge is 2.21. The minimum Gasteiger partial charge on any atom is -0.376 e. The second-order valence-corrected chi connectivity index (χ2v) is 8.42. The van der Waals surface area contributed by atoms with Gasteiger partial charge in [0.25, 0.3) is 0 Å². The first-order valence-corrected chi connectivity index (χ1v) is 10.9. The van der Waals surface area contributed by atoms with Crippen LogP contribution in [0.2, 0.25) is 0 Å². The molecule has 1 saturated heterocycles. The second kappa shape index (κ2) is 8.55. The number of Topliss-reactive ketones (excluding diaryl/α,β-unsaturated/α-hetero) is 1. The molecule has 1 fully saturated rings. The molecule has 0 aliphatic carbocycles. The summed E-state index contributed by atoms with van der Waals surface area (Å²) in [6, 6.07) is 11.9. The number of aromatic nitrogens is 4. The van der Waals surface area contributed by atoms with Gasteiger partial charge in [-0.2, -0.15) is 0 Å². The number of hydrogen-bond acceptors (Lipinski definition) is 5. The summed E-state index contributed by atoms with van der Waals surface area (Å²) in [5, 5.41) is 9.31. The van der Waals surface area contributed by atoms with Crippen LogP contribution in [-0.4, -0.2) is 43.6 Å². The fraction of sp³-hybridized carbons (Fsp3) is 0.409. The van der Waals surface area contributed by atoms with Gasteiger partial charge in [0.05, 0.1) is 11.9 Å². The number of rotatable bonds is 7. The van der Waals surface area contributed by atoms with Gasteiger partial charge in [0, 0.05) is 42.7 Å². The summed E-state index contributed by atoms with van der Waals surface area (Å²) in [6.45, 7) is 5.74. The fourth-order valence-corrected chi connectivity index (χ4v) is 4.64. The minimum atomic E-state index is 0.117. The van der Waals surface area contributed by atoms with Crippen LogP contribution in [0.5, 0.6) is 0 Å². The number of ether oxygens (including phenoxy) is 1. The first-order valence-electron chi connectivity index (χ1n) is 9.93. The standard InChI is InChI=1S/C22H26N4O2S/c1-15-12-19(16(2)26(15)13-18-10-7-11-28-18)20(27)14-29-22-24-23-21(25(22)3)17-8-5-4-6-9-17/h4-6,8-9,12,18H,7,10-11,13-14H2,1-3H3/t18-/m1/s1. The third-order valence-electron chi connectivity index (χ3n) is 5.48. The van der Waals surface area contributed by atoms with Crippen molar-refractivity contribution in [1.82, 2.24) is 19.3 Å². The van der Waals surface area contributed by atoms with E-state index in [0.717, 1.165) is 59.5 Å². The lowest BCUT2D eigenvalue weighted by atomic mass is 10.2. The van der Waals surface area contributed by atoms with Crippen LogP contribution < -0.4 is 0 Å². The average molecular weight is 411 g/mol. The molecule has 152 valence electrons. The molecular weight excluding hydrogens is 384 g/mol. The van der Waals surface area contributed by atoms with Crippen molar-refractivity contribution in [3.63, 3.8) is 0 Å². The summed E-state index contributed by atoms with van der Waals surface area (Å²) in [5.74, 6) is 1.26. The molecule has 3 aromatic rings. The Labute approximate surface area is 175 Å². The number of benzene rings is 1. The highest BCUT2D eigenvalue weighted by Crippen LogP contribution is 2.25. The maximum atomic E-state index is 12.9. The molecule has 3 heterocycles. The van der Waals surface area contributed by atoms with Crippen LogP contribution in [-0.2, 0) is 18.3 Å². The lowest BCUT2D eigenvalue weighted by Gasteiger charge is -2.14. The van der Waals surface area contributed by atoms with E-state index in [1.807, 2.05) is 54.9 Å². The summed E-state index contributed by atoms with van der Waals surface area (Å²) in [4.78, 5) is 12.9. The number of aryl methyl sites for hydroxylation is 1. The quantitative estimate of drug-likeness (QED) is 0.434. The molecule has 1 aliphatic heterocycles. The zero-order valence-corrected chi connectivity index (χ0v) is 17.9. The Morgan fingerprint density at radius 2 is 2.03 bits per heavy atom. The Morgan fingerprint density at radius 1 is 1.24 bits per heavy atom. The largest absolute Gasteiger partial charge is 0.376 e. The SMILES string of the molecule is Cc1cc(C(=O)CSc2nnc(-c3ccccc3)n2C)c(C)n1C[C@H]1CCCO1. The van der Waals surface area contributed by atoms with Gasteiger partial charge >= 0.3 is 0 Å². The lowest BCUT2D eigenvalue weighted by molar-refractivity contribution is 0.0957. The molecule has 0 N–H and O–H groups in total. The molecule has 0 bridgehead atoms. The molecule has 6 nitrogen and oxygen atoms in total. The summed E-state index contributed by atoms with van der Waals surface area (Å²) in [6.07, 6.45) is 2.47. The van der Waals surface area contributed by atoms with E-state index in [1.165, 1.54) is 11.8 Å². The van der Waals surface area contributed by atoms with Crippen molar-refractivity contribution in [1.29, 1.82) is 0 Å². The molecule has 0 radical (unpaired) electrons. The van der Waals surface area contributed by atoms with Gasteiger partial charge in [-0.1, -0.05) is 42.1 Å². The lowest BCUT2D eigenvalue weighted by Crippen LogP contribution is -2.17. The summed E-state index contributed by atoms with van der Waals surface area (Å²) in [5.41, 5.74) is 3.93. The van der Waals surface area contributed by atoms with Gasteiger partial charge in [0.2, 0.25) is 0 Å². The predicted molar refractivity (Wildman–Crippen MR) is 114 cm³/mol. The Morgan fingerprint density at radius 3 is 2.76 bits per heavy atom. The van der Waals surface area contributed by atoms with Crippen LogP contribution in [0.1, 0.15) is 34.6 Å². The van der Waals surface area contributed by atoms with Gasteiger partial charge in [-0.15, -0.1) is 10.2 Å². The molecule has 1 aliphatic rings. The van der Waals surface area contributed by atoms with E-state index in [2.05, 4.69) is 21.7 Å². The molecule has 0 amide bonds. The topological polar surface area (TPSA) is 61.9 Å². The summed E-state index contributed by atoms with van der Waals surface area (Å²) >= 11 is 1.43. The molecule has 7 heteroatoms. The van der Waals surface area contributed by atoms with Crippen LogP contribution in [0.15, 0.2) is 41.6 Å². The van der Waals surface area contributed by atoms with E-state index >= 15 is 0 Å². The van der Waals surface area contributed by atoms with E-state index in [9.17, 15) is 4.79 Å². The van der Waals surface area contributed by atoms with Gasteiger partial charge in [-0.05, 0) is 32.8 Å². The minimum absolute atomic E-state index is 0.117. The molecule has 1 atom stereocenters. The summed E-state index contributed by atoms with van der Waals surface area (Å²) in [7, 11) is 1.93. The number of ketones is 1. The van der Waals surface area contributed by atoms with Crippen molar-refractivity contribution < 1.29 is 9.53 Å². The molecule has 29 heavy (non-hydrogen) atoms. The number of carbonyl (C=O) groups is 1.